The maximum atomic E-state index is 12.2. The van der Waals surface area contributed by atoms with Crippen LogP contribution in [0.3, 0.4) is 0 Å². The first-order valence-corrected chi connectivity index (χ1v) is 9.07. The summed E-state index contributed by atoms with van der Waals surface area (Å²) in [6.45, 7) is 5.60. The van der Waals surface area contributed by atoms with Crippen LogP contribution in [0, 0.1) is 0 Å². The minimum Gasteiger partial charge on any atom is -0.369 e. The molecule has 2 aliphatic rings. The molecule has 1 aromatic carbocycles. The zero-order chi connectivity index (χ0) is 17.4. The number of carbonyl (C=O) groups excluding carboxylic acids is 1. The van der Waals surface area contributed by atoms with E-state index in [1.807, 2.05) is 0 Å². The Morgan fingerprint density at radius 3 is 2.64 bits per heavy atom. The van der Waals surface area contributed by atoms with Gasteiger partial charge in [-0.2, -0.15) is 0 Å². The van der Waals surface area contributed by atoms with Gasteiger partial charge in [0.2, 0.25) is 0 Å². The van der Waals surface area contributed by atoms with Gasteiger partial charge in [-0.3, -0.25) is 4.79 Å². The van der Waals surface area contributed by atoms with E-state index < -0.39 is 0 Å². The number of nitrogens with one attached hydrogen (secondary N) is 2. The van der Waals surface area contributed by atoms with Crippen molar-refractivity contribution in [3.05, 3.63) is 53.0 Å². The maximum Gasteiger partial charge on any atom is 0.270 e. The molecule has 2 aromatic rings. The van der Waals surface area contributed by atoms with Gasteiger partial charge in [0, 0.05) is 30.0 Å². The predicted molar refractivity (Wildman–Crippen MR) is 98.0 cm³/mol. The zero-order valence-corrected chi connectivity index (χ0v) is 14.8. The number of amides is 1. The Morgan fingerprint density at radius 1 is 1.20 bits per heavy atom. The van der Waals surface area contributed by atoms with Crippen LogP contribution < -0.4 is 10.6 Å². The van der Waals surface area contributed by atoms with E-state index in [1.54, 1.807) is 0 Å². The van der Waals surface area contributed by atoms with Crippen molar-refractivity contribution < 1.29 is 4.79 Å². The number of hydrogen-bond acceptors (Lipinski definition) is 4. The summed E-state index contributed by atoms with van der Waals surface area (Å²) >= 11 is 0. The van der Waals surface area contributed by atoms with E-state index in [0.29, 0.717) is 12.2 Å². The van der Waals surface area contributed by atoms with Gasteiger partial charge in [-0.1, -0.05) is 44.2 Å². The average Bonchev–Trinajstić information content (AvgIpc) is 3.42. The quantitative estimate of drug-likeness (QED) is 0.881. The van der Waals surface area contributed by atoms with Gasteiger partial charge < -0.3 is 10.6 Å². The summed E-state index contributed by atoms with van der Waals surface area (Å²) in [4.78, 5) is 21.5. The number of hydrogen-bond donors (Lipinski definition) is 2. The van der Waals surface area contributed by atoms with Crippen molar-refractivity contribution in [2.24, 2.45) is 0 Å². The topological polar surface area (TPSA) is 66.9 Å². The van der Waals surface area contributed by atoms with Crippen molar-refractivity contribution in [3.63, 3.8) is 0 Å². The Labute approximate surface area is 148 Å². The molecule has 5 heteroatoms. The Hall–Kier alpha value is -2.43. The predicted octanol–water partition coefficient (Wildman–Crippen LogP) is 3.03. The summed E-state index contributed by atoms with van der Waals surface area (Å²) in [6.07, 6.45) is 3.16. The van der Waals surface area contributed by atoms with Crippen LogP contribution in [-0.4, -0.2) is 29.0 Å². The first kappa shape index (κ1) is 16.1. The molecular weight excluding hydrogens is 312 g/mol. The van der Waals surface area contributed by atoms with Crippen molar-refractivity contribution in [1.29, 1.82) is 0 Å². The Bertz CT molecular complexity index is 797. The average molecular weight is 336 g/mol. The molecule has 1 saturated carbocycles. The van der Waals surface area contributed by atoms with Crippen molar-refractivity contribution in [1.82, 2.24) is 15.3 Å². The fourth-order valence-electron chi connectivity index (χ4n) is 3.48. The lowest BCUT2D eigenvalue weighted by molar-refractivity contribution is 0.0940. The maximum absolute atomic E-state index is 12.2. The van der Waals surface area contributed by atoms with Gasteiger partial charge in [-0.15, -0.1) is 0 Å². The summed E-state index contributed by atoms with van der Waals surface area (Å²) < 4.78 is 0. The number of rotatable bonds is 5. The van der Waals surface area contributed by atoms with Crippen LogP contribution in [0.25, 0.3) is 0 Å². The third-order valence-corrected chi connectivity index (χ3v) is 5.25. The normalized spacial score (nSPS) is 17.8. The lowest BCUT2D eigenvalue weighted by atomic mass is 9.96. The molecule has 2 N–H and O–H groups in total. The monoisotopic (exact) mass is 336 g/mol. The molecule has 25 heavy (non-hydrogen) atoms. The minimum atomic E-state index is -0.0854. The fourth-order valence-corrected chi connectivity index (χ4v) is 3.48. The van der Waals surface area contributed by atoms with Crippen LogP contribution in [0.1, 0.15) is 60.0 Å². The molecule has 0 spiro atoms. The lowest BCUT2D eigenvalue weighted by Crippen LogP contribution is -2.34. The molecule has 2 heterocycles. The van der Waals surface area contributed by atoms with E-state index in [-0.39, 0.29) is 17.2 Å². The third kappa shape index (κ3) is 2.99. The molecule has 1 aliphatic carbocycles. The number of fused-ring (bicyclic) bond motifs is 1. The number of anilines is 1. The molecule has 1 aromatic heterocycles. The number of nitrogens with zero attached hydrogens (tertiary/aromatic N) is 2. The zero-order valence-electron chi connectivity index (χ0n) is 14.8. The van der Waals surface area contributed by atoms with Crippen LogP contribution in [0.15, 0.2) is 30.3 Å². The number of carbonyl (C=O) groups is 1. The molecule has 1 aliphatic heterocycles. The second-order valence-corrected chi connectivity index (χ2v) is 7.42. The molecule has 0 atom stereocenters. The SMILES string of the molecule is CC(C)c1nc(NCC2(c3ccccc3)CC2)c2c(n1)C(=O)NCC2. The van der Waals surface area contributed by atoms with E-state index in [1.165, 1.54) is 18.4 Å². The smallest absolute Gasteiger partial charge is 0.270 e. The minimum absolute atomic E-state index is 0.0854. The summed E-state index contributed by atoms with van der Waals surface area (Å²) in [6, 6.07) is 10.7. The van der Waals surface area contributed by atoms with E-state index in [2.05, 4.69) is 59.8 Å². The van der Waals surface area contributed by atoms with E-state index in [0.717, 1.165) is 30.2 Å². The second-order valence-electron chi connectivity index (χ2n) is 7.42. The Balaban J connectivity index is 1.63. The van der Waals surface area contributed by atoms with Crippen LogP contribution in [0.5, 0.6) is 0 Å². The molecule has 0 saturated heterocycles. The van der Waals surface area contributed by atoms with Gasteiger partial charge in [0.05, 0.1) is 0 Å². The molecule has 0 radical (unpaired) electrons. The van der Waals surface area contributed by atoms with E-state index >= 15 is 0 Å². The molecule has 0 bridgehead atoms. The summed E-state index contributed by atoms with van der Waals surface area (Å²) in [5.74, 6) is 1.66. The molecule has 0 unspecified atom stereocenters. The van der Waals surface area contributed by atoms with Gasteiger partial charge in [-0.25, -0.2) is 9.97 Å². The highest BCUT2D eigenvalue weighted by atomic mass is 16.1. The fraction of sp³-hybridized carbons (Fsp3) is 0.450. The largest absolute Gasteiger partial charge is 0.369 e. The van der Waals surface area contributed by atoms with E-state index in [4.69, 9.17) is 4.98 Å². The lowest BCUT2D eigenvalue weighted by Gasteiger charge is -2.23. The van der Waals surface area contributed by atoms with Gasteiger partial charge in [0.1, 0.15) is 17.3 Å². The second kappa shape index (κ2) is 6.14. The first-order valence-electron chi connectivity index (χ1n) is 9.07. The highest BCUT2D eigenvalue weighted by molar-refractivity contribution is 5.96. The summed E-state index contributed by atoms with van der Waals surface area (Å²) in [5, 5.41) is 6.44. The molecular formula is C20H24N4O. The molecule has 130 valence electrons. The molecule has 5 nitrogen and oxygen atoms in total. The summed E-state index contributed by atoms with van der Waals surface area (Å²) in [7, 11) is 0. The Kier molecular flexibility index (Phi) is 3.94. The van der Waals surface area contributed by atoms with Crippen LogP contribution >= 0.6 is 0 Å². The summed E-state index contributed by atoms with van der Waals surface area (Å²) in [5.41, 5.74) is 3.08. The van der Waals surface area contributed by atoms with Crippen LogP contribution in [0.2, 0.25) is 0 Å². The molecule has 1 fully saturated rings. The van der Waals surface area contributed by atoms with Gasteiger partial charge in [0.25, 0.3) is 5.91 Å². The van der Waals surface area contributed by atoms with Crippen molar-refractivity contribution in [2.45, 2.75) is 44.4 Å². The first-order chi connectivity index (χ1) is 12.1. The van der Waals surface area contributed by atoms with Crippen molar-refractivity contribution >= 4 is 11.7 Å². The number of benzene rings is 1. The van der Waals surface area contributed by atoms with Crippen LogP contribution in [-0.2, 0) is 11.8 Å². The van der Waals surface area contributed by atoms with Crippen LogP contribution in [0.4, 0.5) is 5.82 Å². The van der Waals surface area contributed by atoms with Gasteiger partial charge in [0.15, 0.2) is 0 Å². The highest BCUT2D eigenvalue weighted by Crippen LogP contribution is 2.48. The molecule has 4 rings (SSSR count). The number of aromatic nitrogens is 2. The molecule has 1 amide bonds. The van der Waals surface area contributed by atoms with Gasteiger partial charge in [-0.05, 0) is 24.8 Å². The van der Waals surface area contributed by atoms with E-state index in [9.17, 15) is 4.79 Å². The van der Waals surface area contributed by atoms with Gasteiger partial charge >= 0.3 is 0 Å². The standard InChI is InChI=1S/C20H24N4O/c1-13(2)17-23-16-15(8-11-21-19(16)25)18(24-17)22-12-20(9-10-20)14-6-4-3-5-7-14/h3-7,13H,8-12H2,1-2H3,(H,21,25)(H,22,23,24). The third-order valence-electron chi connectivity index (χ3n) is 5.25. The van der Waals surface area contributed by atoms with Crippen molar-refractivity contribution in [3.8, 4) is 0 Å². The highest BCUT2D eigenvalue weighted by Gasteiger charge is 2.44. The Morgan fingerprint density at radius 2 is 1.96 bits per heavy atom. The van der Waals surface area contributed by atoms with Crippen molar-refractivity contribution in [2.75, 3.05) is 18.4 Å².